The van der Waals surface area contributed by atoms with Crippen LogP contribution >= 0.6 is 0 Å². The zero-order valence-electron chi connectivity index (χ0n) is 8.89. The third-order valence-corrected chi connectivity index (χ3v) is 1.91. The van der Waals surface area contributed by atoms with Gasteiger partial charge >= 0.3 is 0 Å². The lowest BCUT2D eigenvalue weighted by atomic mass is 10.0. The summed E-state index contributed by atoms with van der Waals surface area (Å²) >= 11 is 0. The average Bonchev–Trinajstić information content (AvgIpc) is 2.01. The fourth-order valence-corrected chi connectivity index (χ4v) is 1.29. The van der Waals surface area contributed by atoms with Crippen LogP contribution < -0.4 is 5.32 Å². The fourth-order valence-electron chi connectivity index (χ4n) is 1.29. The molecule has 0 rings (SSSR count). The van der Waals surface area contributed by atoms with Crippen molar-refractivity contribution in [2.24, 2.45) is 5.92 Å². The zero-order valence-corrected chi connectivity index (χ0v) is 8.89. The molecule has 0 saturated carbocycles. The lowest BCUT2D eigenvalue weighted by Gasteiger charge is -2.17. The maximum Gasteiger partial charge on any atom is 0.0502 e. The van der Waals surface area contributed by atoms with Crippen LogP contribution in [0.4, 0.5) is 0 Å². The molecule has 0 aromatic heterocycles. The summed E-state index contributed by atoms with van der Waals surface area (Å²) in [5.74, 6) is 0.683. The highest BCUT2D eigenvalue weighted by Gasteiger charge is 2.06. The summed E-state index contributed by atoms with van der Waals surface area (Å²) in [6.07, 6.45) is 2.50. The van der Waals surface area contributed by atoms with Gasteiger partial charge in [-0.15, -0.1) is 0 Å². The van der Waals surface area contributed by atoms with Crippen LogP contribution in [0.25, 0.3) is 0 Å². The predicted molar refractivity (Wildman–Crippen MR) is 53.4 cm³/mol. The van der Waals surface area contributed by atoms with E-state index in [-0.39, 0.29) is 0 Å². The van der Waals surface area contributed by atoms with Crippen LogP contribution in [0, 0.1) is 5.92 Å². The van der Waals surface area contributed by atoms with Crippen molar-refractivity contribution in [3.05, 3.63) is 0 Å². The van der Waals surface area contributed by atoms with E-state index in [1.807, 2.05) is 0 Å². The van der Waals surface area contributed by atoms with E-state index in [2.05, 4.69) is 26.1 Å². The Hall–Kier alpha value is -0.0800. The SMILES string of the molecule is CCCC(CNC(C)C)COC. The molecule has 0 aliphatic carbocycles. The summed E-state index contributed by atoms with van der Waals surface area (Å²) in [5, 5.41) is 3.44. The third-order valence-electron chi connectivity index (χ3n) is 1.91. The fraction of sp³-hybridized carbons (Fsp3) is 1.00. The van der Waals surface area contributed by atoms with Gasteiger partial charge in [0.05, 0.1) is 6.61 Å². The van der Waals surface area contributed by atoms with Crippen molar-refractivity contribution in [3.8, 4) is 0 Å². The lowest BCUT2D eigenvalue weighted by Crippen LogP contribution is -2.30. The standard InChI is InChI=1S/C10H23NO/c1-5-6-10(8-12-4)7-11-9(2)3/h9-11H,5-8H2,1-4H3. The molecule has 1 N–H and O–H groups in total. The topological polar surface area (TPSA) is 21.3 Å². The number of hydrogen-bond acceptors (Lipinski definition) is 2. The minimum atomic E-state index is 0.584. The normalized spacial score (nSPS) is 13.8. The number of ether oxygens (including phenoxy) is 1. The Morgan fingerprint density at radius 2 is 2.00 bits per heavy atom. The van der Waals surface area contributed by atoms with Gasteiger partial charge in [0, 0.05) is 19.7 Å². The second-order valence-corrected chi connectivity index (χ2v) is 3.67. The molecule has 0 amide bonds. The van der Waals surface area contributed by atoms with E-state index in [4.69, 9.17) is 4.74 Å². The summed E-state index contributed by atoms with van der Waals surface area (Å²) in [6.45, 7) is 8.54. The molecule has 1 atom stereocenters. The van der Waals surface area contributed by atoms with Gasteiger partial charge in [-0.1, -0.05) is 27.2 Å². The second-order valence-electron chi connectivity index (χ2n) is 3.67. The lowest BCUT2D eigenvalue weighted by molar-refractivity contribution is 0.145. The van der Waals surface area contributed by atoms with E-state index in [9.17, 15) is 0 Å². The molecule has 0 aromatic carbocycles. The molecule has 0 spiro atoms. The Morgan fingerprint density at radius 3 is 2.42 bits per heavy atom. The van der Waals surface area contributed by atoms with E-state index < -0.39 is 0 Å². The summed E-state index contributed by atoms with van der Waals surface area (Å²) < 4.78 is 5.15. The van der Waals surface area contributed by atoms with Crippen LogP contribution in [-0.2, 0) is 4.74 Å². The molecule has 2 nitrogen and oxygen atoms in total. The highest BCUT2D eigenvalue weighted by Crippen LogP contribution is 2.05. The molecule has 0 aromatic rings. The number of hydrogen-bond donors (Lipinski definition) is 1. The number of methoxy groups -OCH3 is 1. The molecule has 0 saturated heterocycles. The van der Waals surface area contributed by atoms with Crippen LogP contribution in [0.1, 0.15) is 33.6 Å². The molecule has 0 bridgehead atoms. The van der Waals surface area contributed by atoms with Gasteiger partial charge in [-0.2, -0.15) is 0 Å². The van der Waals surface area contributed by atoms with Crippen LogP contribution in [0.5, 0.6) is 0 Å². The molecule has 2 heteroatoms. The highest BCUT2D eigenvalue weighted by molar-refractivity contribution is 4.63. The first-order valence-electron chi connectivity index (χ1n) is 4.93. The average molecular weight is 173 g/mol. The molecule has 74 valence electrons. The Morgan fingerprint density at radius 1 is 1.33 bits per heavy atom. The zero-order chi connectivity index (χ0) is 9.40. The van der Waals surface area contributed by atoms with Gasteiger partial charge in [-0.25, -0.2) is 0 Å². The quantitative estimate of drug-likeness (QED) is 0.636. The molecule has 0 aliphatic heterocycles. The van der Waals surface area contributed by atoms with Gasteiger partial charge in [0.2, 0.25) is 0 Å². The Bertz CT molecular complexity index is 87.8. The summed E-state index contributed by atoms with van der Waals surface area (Å²) in [6, 6.07) is 0.584. The largest absolute Gasteiger partial charge is 0.384 e. The minimum Gasteiger partial charge on any atom is -0.384 e. The van der Waals surface area contributed by atoms with Crippen molar-refractivity contribution in [3.63, 3.8) is 0 Å². The molecule has 12 heavy (non-hydrogen) atoms. The number of nitrogens with one attached hydrogen (secondary N) is 1. The van der Waals surface area contributed by atoms with Gasteiger partial charge in [0.25, 0.3) is 0 Å². The molecular formula is C10H23NO. The summed E-state index contributed by atoms with van der Waals surface area (Å²) in [7, 11) is 1.78. The first kappa shape index (κ1) is 11.9. The highest BCUT2D eigenvalue weighted by atomic mass is 16.5. The molecule has 0 aliphatic rings. The molecule has 0 radical (unpaired) electrons. The van der Waals surface area contributed by atoms with Crippen LogP contribution in [-0.4, -0.2) is 26.3 Å². The van der Waals surface area contributed by atoms with Crippen LogP contribution in [0.15, 0.2) is 0 Å². The monoisotopic (exact) mass is 173 g/mol. The van der Waals surface area contributed by atoms with Crippen LogP contribution in [0.2, 0.25) is 0 Å². The molecule has 0 heterocycles. The van der Waals surface area contributed by atoms with Crippen molar-refractivity contribution >= 4 is 0 Å². The van der Waals surface area contributed by atoms with Gasteiger partial charge in [-0.3, -0.25) is 0 Å². The summed E-state index contributed by atoms with van der Waals surface area (Å²) in [4.78, 5) is 0. The van der Waals surface area contributed by atoms with Crippen molar-refractivity contribution in [2.45, 2.75) is 39.7 Å². The minimum absolute atomic E-state index is 0.584. The molecule has 0 fully saturated rings. The predicted octanol–water partition coefficient (Wildman–Crippen LogP) is 2.05. The van der Waals surface area contributed by atoms with E-state index in [0.29, 0.717) is 12.0 Å². The smallest absolute Gasteiger partial charge is 0.0502 e. The van der Waals surface area contributed by atoms with E-state index >= 15 is 0 Å². The van der Waals surface area contributed by atoms with Crippen molar-refractivity contribution in [2.75, 3.05) is 20.3 Å². The summed E-state index contributed by atoms with van der Waals surface area (Å²) in [5.41, 5.74) is 0. The van der Waals surface area contributed by atoms with E-state index in [0.717, 1.165) is 13.2 Å². The van der Waals surface area contributed by atoms with Crippen molar-refractivity contribution in [1.82, 2.24) is 5.32 Å². The van der Waals surface area contributed by atoms with E-state index in [1.165, 1.54) is 12.8 Å². The maximum atomic E-state index is 5.15. The molecular weight excluding hydrogens is 150 g/mol. The number of rotatable bonds is 7. The second kappa shape index (κ2) is 7.56. The molecule has 1 unspecified atom stereocenters. The van der Waals surface area contributed by atoms with Gasteiger partial charge < -0.3 is 10.1 Å². The Labute approximate surface area is 76.7 Å². The van der Waals surface area contributed by atoms with Crippen molar-refractivity contribution < 1.29 is 4.74 Å². The van der Waals surface area contributed by atoms with Crippen molar-refractivity contribution in [1.29, 1.82) is 0 Å². The maximum absolute atomic E-state index is 5.15. The van der Waals surface area contributed by atoms with E-state index in [1.54, 1.807) is 7.11 Å². The Kier molecular flexibility index (Phi) is 7.51. The third kappa shape index (κ3) is 6.62. The first-order valence-corrected chi connectivity index (χ1v) is 4.93. The van der Waals surface area contributed by atoms with Crippen LogP contribution in [0.3, 0.4) is 0 Å². The van der Waals surface area contributed by atoms with Gasteiger partial charge in [0.1, 0.15) is 0 Å². The Balaban J connectivity index is 3.48. The first-order chi connectivity index (χ1) is 5.70. The van der Waals surface area contributed by atoms with Gasteiger partial charge in [-0.05, 0) is 12.3 Å². The van der Waals surface area contributed by atoms with Gasteiger partial charge in [0.15, 0.2) is 0 Å².